The Balaban J connectivity index is 2.13. The predicted molar refractivity (Wildman–Crippen MR) is 124 cm³/mol. The number of nitriles is 1. The van der Waals surface area contributed by atoms with Crippen LogP contribution in [0.5, 0.6) is 0 Å². The number of hydrogen-bond acceptors (Lipinski definition) is 5. The molecule has 5 aromatic rings. The van der Waals surface area contributed by atoms with Gasteiger partial charge in [-0.25, -0.2) is 20.1 Å². The van der Waals surface area contributed by atoms with Crippen molar-refractivity contribution in [2.24, 2.45) is 0 Å². The maximum Gasteiger partial charge on any atom is 0.582 e. The van der Waals surface area contributed by atoms with Gasteiger partial charge < -0.3 is 8.83 Å². The van der Waals surface area contributed by atoms with Gasteiger partial charge in [0.2, 0.25) is 5.55 Å². The van der Waals surface area contributed by atoms with Gasteiger partial charge in [0.15, 0.2) is 11.2 Å². The zero-order chi connectivity index (χ0) is 23.7. The van der Waals surface area contributed by atoms with Gasteiger partial charge in [-0.15, -0.1) is 9.69 Å². The Morgan fingerprint density at radius 3 is 1.62 bits per heavy atom. The van der Waals surface area contributed by atoms with Crippen molar-refractivity contribution in [1.82, 2.24) is 9.97 Å². The molecule has 0 aliphatic carbocycles. The van der Waals surface area contributed by atoms with E-state index < -0.39 is 0 Å². The summed E-state index contributed by atoms with van der Waals surface area (Å²) in [5.74, 6) is -0.324. The standard InChI is InChI=1S/C26H10N6O2/c1-28-17(14-27)25-31-20-18(15-10-6-4-7-11-15)19(16-12-8-5-9-13-16)21-23(22(20)33-25)34-26(32-21)24(29-2)30-3/h4-13H/b25-17-. The Bertz CT molecular complexity index is 1720. The smallest absolute Gasteiger partial charge is 0.442 e. The molecule has 0 saturated carbocycles. The van der Waals surface area contributed by atoms with Gasteiger partial charge in [-0.3, -0.25) is 0 Å². The van der Waals surface area contributed by atoms with E-state index in [1.807, 2.05) is 60.7 Å². The predicted octanol–water partition coefficient (Wildman–Crippen LogP) is 4.76. The normalized spacial score (nSPS) is 11.3. The first-order valence-corrected chi connectivity index (χ1v) is 9.85. The Kier molecular flexibility index (Phi) is 4.81. The van der Waals surface area contributed by atoms with Crippen molar-refractivity contribution in [3.05, 3.63) is 106 Å². The quantitative estimate of drug-likeness (QED) is 0.371. The fourth-order valence-corrected chi connectivity index (χ4v) is 3.73. The number of rotatable bonds is 2. The summed E-state index contributed by atoms with van der Waals surface area (Å²) in [6.45, 7) is 21.9. The van der Waals surface area contributed by atoms with Crippen LogP contribution in [0.4, 0.5) is 0 Å². The number of oxazole rings is 2. The summed E-state index contributed by atoms with van der Waals surface area (Å²) in [4.78, 5) is 18.7. The average Bonchev–Trinajstić information content (AvgIpc) is 3.51. The van der Waals surface area contributed by atoms with Crippen molar-refractivity contribution in [3.8, 4) is 28.3 Å². The lowest BCUT2D eigenvalue weighted by Gasteiger charge is -2.11. The van der Waals surface area contributed by atoms with Crippen molar-refractivity contribution in [2.75, 3.05) is 0 Å². The van der Waals surface area contributed by atoms with Gasteiger partial charge in [0.05, 0.1) is 12.6 Å². The largest absolute Gasteiger partial charge is 0.582 e. The van der Waals surface area contributed by atoms with Crippen LogP contribution in [0.2, 0.25) is 0 Å². The van der Waals surface area contributed by atoms with E-state index in [-0.39, 0.29) is 33.8 Å². The summed E-state index contributed by atoms with van der Waals surface area (Å²) < 4.78 is 11.7. The third-order valence-corrected chi connectivity index (χ3v) is 5.13. The minimum Gasteiger partial charge on any atom is -0.442 e. The van der Waals surface area contributed by atoms with E-state index in [0.717, 1.165) is 11.1 Å². The topological polar surface area (TPSA) is 88.9 Å². The molecule has 0 amide bonds. The third kappa shape index (κ3) is 3.05. The van der Waals surface area contributed by atoms with Gasteiger partial charge in [-0.1, -0.05) is 60.7 Å². The average molecular weight is 438 g/mol. The summed E-state index contributed by atoms with van der Waals surface area (Å²) in [6.07, 6.45) is 0. The second-order valence-corrected chi connectivity index (χ2v) is 6.99. The zero-order valence-electron chi connectivity index (χ0n) is 17.3. The summed E-state index contributed by atoms with van der Waals surface area (Å²) in [5, 5.41) is 9.37. The Morgan fingerprint density at radius 1 is 0.706 bits per heavy atom. The number of aromatic nitrogens is 2. The van der Waals surface area contributed by atoms with Crippen molar-refractivity contribution in [1.29, 1.82) is 5.26 Å². The van der Waals surface area contributed by atoms with Crippen LogP contribution in [-0.4, -0.2) is 9.97 Å². The van der Waals surface area contributed by atoms with Crippen LogP contribution >= 0.6 is 0 Å². The summed E-state index contributed by atoms with van der Waals surface area (Å²) in [6, 6.07) is 20.7. The highest BCUT2D eigenvalue weighted by molar-refractivity contribution is 6.15. The van der Waals surface area contributed by atoms with Crippen LogP contribution in [0.25, 0.3) is 70.5 Å². The molecule has 0 saturated heterocycles. The summed E-state index contributed by atoms with van der Waals surface area (Å²) >= 11 is 0. The highest BCUT2D eigenvalue weighted by Crippen LogP contribution is 2.42. The molecule has 2 heterocycles. The first kappa shape index (κ1) is 20.2. The highest BCUT2D eigenvalue weighted by atomic mass is 16.4. The van der Waals surface area contributed by atoms with E-state index in [1.165, 1.54) is 0 Å². The third-order valence-electron chi connectivity index (χ3n) is 5.13. The molecule has 0 unspecified atom stereocenters. The van der Waals surface area contributed by atoms with E-state index >= 15 is 0 Å². The summed E-state index contributed by atoms with van der Waals surface area (Å²) in [5.41, 5.74) is 3.45. The zero-order valence-corrected chi connectivity index (χ0v) is 17.3. The molecule has 0 aliphatic heterocycles. The number of hydrogen-bond donors (Lipinski definition) is 0. The molecule has 8 heteroatoms. The Morgan fingerprint density at radius 2 is 1.18 bits per heavy atom. The molecule has 0 atom stereocenters. The molecule has 3 aromatic carbocycles. The number of fused-ring (bicyclic) bond motifs is 3. The first-order valence-electron chi connectivity index (χ1n) is 9.85. The molecule has 156 valence electrons. The van der Waals surface area contributed by atoms with E-state index in [0.29, 0.717) is 22.2 Å². The van der Waals surface area contributed by atoms with E-state index in [2.05, 4.69) is 24.5 Å². The lowest BCUT2D eigenvalue weighted by molar-refractivity contribution is 0.530. The molecule has 5 rings (SSSR count). The molecular weight excluding hydrogens is 428 g/mol. The van der Waals surface area contributed by atoms with Crippen LogP contribution < -0.4 is 11.1 Å². The van der Waals surface area contributed by atoms with E-state index in [4.69, 9.17) is 28.6 Å². The molecule has 0 radical (unpaired) electrons. The maximum absolute atomic E-state index is 9.37. The maximum atomic E-state index is 9.37. The molecule has 34 heavy (non-hydrogen) atoms. The second kappa shape index (κ2) is 8.09. The summed E-state index contributed by atoms with van der Waals surface area (Å²) in [7, 11) is 0. The molecular formula is C26H10N6O2. The highest BCUT2D eigenvalue weighted by Gasteiger charge is 2.26. The van der Waals surface area contributed by atoms with Gasteiger partial charge >= 0.3 is 17.1 Å². The van der Waals surface area contributed by atoms with Crippen molar-refractivity contribution in [3.63, 3.8) is 0 Å². The van der Waals surface area contributed by atoms with Crippen LogP contribution in [0, 0.1) is 31.0 Å². The van der Waals surface area contributed by atoms with Crippen molar-refractivity contribution in [2.45, 2.75) is 0 Å². The molecule has 0 bridgehead atoms. The molecule has 0 aliphatic rings. The minimum atomic E-state index is -0.324. The SMILES string of the molecule is [C-]#[N+]C([N+]#[C-])=c1nc2c(-c3ccccc3)c(-c3ccccc3)c3n/c(=C(\C#N)[N+]#[C-])oc3c2o1. The van der Waals surface area contributed by atoms with Crippen molar-refractivity contribution < 1.29 is 8.83 Å². The monoisotopic (exact) mass is 438 g/mol. The van der Waals surface area contributed by atoms with Crippen molar-refractivity contribution >= 4 is 33.7 Å². The van der Waals surface area contributed by atoms with Gasteiger partial charge in [0, 0.05) is 11.1 Å². The lowest BCUT2D eigenvalue weighted by Crippen LogP contribution is -2.03. The van der Waals surface area contributed by atoms with Gasteiger partial charge in [-0.2, -0.15) is 0 Å². The van der Waals surface area contributed by atoms with Crippen LogP contribution in [0.1, 0.15) is 0 Å². The Labute approximate surface area is 192 Å². The van der Waals surface area contributed by atoms with Gasteiger partial charge in [0.25, 0.3) is 0 Å². The van der Waals surface area contributed by atoms with E-state index in [9.17, 15) is 5.26 Å². The minimum absolute atomic E-state index is 0.142. The van der Waals surface area contributed by atoms with Crippen LogP contribution in [-0.2, 0) is 0 Å². The van der Waals surface area contributed by atoms with Gasteiger partial charge in [-0.05, 0) is 11.1 Å². The van der Waals surface area contributed by atoms with E-state index in [1.54, 1.807) is 6.07 Å². The fourth-order valence-electron chi connectivity index (χ4n) is 3.73. The van der Waals surface area contributed by atoms with Crippen LogP contribution in [0.3, 0.4) is 0 Å². The fraction of sp³-hybridized carbons (Fsp3) is 0. The molecule has 0 N–H and O–H groups in total. The molecule has 2 aromatic heterocycles. The Hall–Kier alpha value is -5.70. The van der Waals surface area contributed by atoms with Gasteiger partial charge in [0.1, 0.15) is 24.2 Å². The molecule has 8 nitrogen and oxygen atoms in total. The van der Waals surface area contributed by atoms with Crippen LogP contribution in [0.15, 0.2) is 69.5 Å². The number of benzene rings is 3. The first-order chi connectivity index (χ1) is 16.7. The molecule has 0 spiro atoms. The second-order valence-electron chi connectivity index (χ2n) is 6.99. The number of nitrogens with zero attached hydrogens (tertiary/aromatic N) is 6. The lowest BCUT2D eigenvalue weighted by atomic mass is 9.92. The molecule has 0 fully saturated rings.